The maximum Gasteiger partial charge on any atom is 0.225 e. The summed E-state index contributed by atoms with van der Waals surface area (Å²) >= 11 is 9.18. The Morgan fingerprint density at radius 3 is 2.65 bits per heavy atom. The molecule has 2 aromatic rings. The number of hydrogen-bond donors (Lipinski definition) is 0. The molecule has 17 heavy (non-hydrogen) atoms. The van der Waals surface area contributed by atoms with Crippen LogP contribution in [-0.2, 0) is 0 Å². The first-order valence-corrected chi connectivity index (χ1v) is 6.17. The summed E-state index contributed by atoms with van der Waals surface area (Å²) in [6.45, 7) is 3.81. The van der Waals surface area contributed by atoms with Crippen LogP contribution in [-0.4, -0.2) is 9.97 Å². The van der Waals surface area contributed by atoms with Crippen molar-refractivity contribution in [3.8, 4) is 11.6 Å². The van der Waals surface area contributed by atoms with Gasteiger partial charge in [-0.3, -0.25) is 0 Å². The molecule has 0 N–H and O–H groups in total. The third kappa shape index (κ3) is 3.17. The maximum absolute atomic E-state index is 5.78. The van der Waals surface area contributed by atoms with Crippen molar-refractivity contribution in [3.05, 3.63) is 45.3 Å². The molecule has 0 bridgehead atoms. The van der Waals surface area contributed by atoms with Gasteiger partial charge in [-0.05, 0) is 43.1 Å². The zero-order valence-corrected chi connectivity index (χ0v) is 11.7. The molecule has 3 nitrogen and oxygen atoms in total. The molecule has 0 unspecified atom stereocenters. The molecule has 1 aromatic heterocycles. The second-order valence-electron chi connectivity index (χ2n) is 3.63. The average Bonchev–Trinajstić information content (AvgIpc) is 2.22. The van der Waals surface area contributed by atoms with Crippen LogP contribution in [0.25, 0.3) is 0 Å². The van der Waals surface area contributed by atoms with Crippen molar-refractivity contribution < 1.29 is 4.74 Å². The Kier molecular flexibility index (Phi) is 3.64. The van der Waals surface area contributed by atoms with E-state index in [0.29, 0.717) is 5.88 Å². The lowest BCUT2D eigenvalue weighted by atomic mass is 10.2. The first kappa shape index (κ1) is 12.3. The number of halogens is 2. The lowest BCUT2D eigenvalue weighted by Gasteiger charge is -2.08. The molecule has 0 aliphatic heterocycles. The topological polar surface area (TPSA) is 35.0 Å². The first-order chi connectivity index (χ1) is 8.04. The smallest absolute Gasteiger partial charge is 0.225 e. The van der Waals surface area contributed by atoms with Crippen molar-refractivity contribution >= 4 is 27.5 Å². The van der Waals surface area contributed by atoms with Gasteiger partial charge in [0.05, 0.1) is 0 Å². The highest BCUT2D eigenvalue weighted by atomic mass is 79.9. The monoisotopic (exact) mass is 312 g/mol. The summed E-state index contributed by atoms with van der Waals surface area (Å²) < 4.78 is 6.64. The van der Waals surface area contributed by atoms with Crippen LogP contribution in [0.1, 0.15) is 11.3 Å². The minimum atomic E-state index is 0.188. The minimum Gasteiger partial charge on any atom is -0.439 e. The van der Waals surface area contributed by atoms with Gasteiger partial charge in [-0.2, -0.15) is 4.98 Å². The molecule has 0 amide bonds. The number of rotatable bonds is 2. The molecule has 0 radical (unpaired) electrons. The molecule has 1 heterocycles. The lowest BCUT2D eigenvalue weighted by molar-refractivity contribution is 0.457. The predicted octanol–water partition coefficient (Wildman–Crippen LogP) is 4.30. The van der Waals surface area contributed by atoms with Crippen LogP contribution in [0.5, 0.6) is 11.6 Å². The quantitative estimate of drug-likeness (QED) is 0.775. The van der Waals surface area contributed by atoms with Gasteiger partial charge in [0.1, 0.15) is 5.75 Å². The normalized spacial score (nSPS) is 10.4. The van der Waals surface area contributed by atoms with E-state index in [1.807, 2.05) is 32.0 Å². The fourth-order valence-corrected chi connectivity index (χ4v) is 1.91. The molecule has 0 spiro atoms. The number of ether oxygens (including phenoxy) is 1. The van der Waals surface area contributed by atoms with Crippen LogP contribution < -0.4 is 4.74 Å². The second kappa shape index (κ2) is 5.02. The predicted molar refractivity (Wildman–Crippen MR) is 70.7 cm³/mol. The van der Waals surface area contributed by atoms with Crippen LogP contribution in [0.15, 0.2) is 28.7 Å². The lowest BCUT2D eigenvalue weighted by Crippen LogP contribution is -1.94. The molecule has 0 saturated carbocycles. The van der Waals surface area contributed by atoms with Gasteiger partial charge in [0.25, 0.3) is 0 Å². The van der Waals surface area contributed by atoms with E-state index < -0.39 is 0 Å². The minimum absolute atomic E-state index is 0.188. The summed E-state index contributed by atoms with van der Waals surface area (Å²) in [6, 6.07) is 7.56. The molecule has 88 valence electrons. The maximum atomic E-state index is 5.78. The van der Waals surface area contributed by atoms with E-state index >= 15 is 0 Å². The molecular formula is C12H10BrClN2O. The van der Waals surface area contributed by atoms with Crippen molar-refractivity contribution in [2.45, 2.75) is 13.8 Å². The van der Waals surface area contributed by atoms with Crippen molar-refractivity contribution in [3.63, 3.8) is 0 Å². The van der Waals surface area contributed by atoms with Crippen LogP contribution in [0.2, 0.25) is 5.28 Å². The zero-order valence-electron chi connectivity index (χ0n) is 9.37. The van der Waals surface area contributed by atoms with Crippen molar-refractivity contribution in [2.24, 2.45) is 0 Å². The summed E-state index contributed by atoms with van der Waals surface area (Å²) in [5.41, 5.74) is 1.80. The zero-order chi connectivity index (χ0) is 12.4. The number of aromatic nitrogens is 2. The summed E-state index contributed by atoms with van der Waals surface area (Å²) in [4.78, 5) is 8.00. The molecular weight excluding hydrogens is 304 g/mol. The van der Waals surface area contributed by atoms with Crippen molar-refractivity contribution in [2.75, 3.05) is 0 Å². The Balaban J connectivity index is 2.34. The Morgan fingerprint density at radius 2 is 1.94 bits per heavy atom. The van der Waals surface area contributed by atoms with E-state index in [-0.39, 0.29) is 5.28 Å². The van der Waals surface area contributed by atoms with Gasteiger partial charge >= 0.3 is 0 Å². The van der Waals surface area contributed by atoms with Gasteiger partial charge in [-0.15, -0.1) is 0 Å². The Labute approximate surface area is 113 Å². The third-order valence-corrected chi connectivity index (χ3v) is 2.83. The van der Waals surface area contributed by atoms with Gasteiger partial charge in [-0.25, -0.2) is 4.98 Å². The van der Waals surface area contributed by atoms with E-state index in [9.17, 15) is 0 Å². The summed E-state index contributed by atoms with van der Waals surface area (Å²) in [6.07, 6.45) is 0. The molecule has 0 saturated heterocycles. The second-order valence-corrected chi connectivity index (χ2v) is 4.88. The summed E-state index contributed by atoms with van der Waals surface area (Å²) in [5, 5.41) is 0.188. The molecule has 0 fully saturated rings. The molecule has 5 heteroatoms. The molecule has 1 aromatic carbocycles. The van der Waals surface area contributed by atoms with Gasteiger partial charge in [-0.1, -0.05) is 22.0 Å². The largest absolute Gasteiger partial charge is 0.439 e. The van der Waals surface area contributed by atoms with E-state index in [1.54, 1.807) is 6.07 Å². The SMILES string of the molecule is Cc1cc(Oc2cc(Br)ccc2C)nc(Cl)n1. The van der Waals surface area contributed by atoms with E-state index in [4.69, 9.17) is 16.3 Å². The highest BCUT2D eigenvalue weighted by Gasteiger charge is 2.05. The Morgan fingerprint density at radius 1 is 1.18 bits per heavy atom. The van der Waals surface area contributed by atoms with Crippen LogP contribution in [0.3, 0.4) is 0 Å². The summed E-state index contributed by atoms with van der Waals surface area (Å²) in [7, 11) is 0. The number of nitrogens with zero attached hydrogens (tertiary/aromatic N) is 2. The number of hydrogen-bond acceptors (Lipinski definition) is 3. The first-order valence-electron chi connectivity index (χ1n) is 5.00. The Bertz CT molecular complexity index is 540. The van der Waals surface area contributed by atoms with Crippen LogP contribution in [0.4, 0.5) is 0 Å². The van der Waals surface area contributed by atoms with Crippen molar-refractivity contribution in [1.82, 2.24) is 9.97 Å². The van der Waals surface area contributed by atoms with Crippen LogP contribution in [0, 0.1) is 13.8 Å². The number of aryl methyl sites for hydroxylation is 2. The van der Waals surface area contributed by atoms with Crippen molar-refractivity contribution in [1.29, 1.82) is 0 Å². The van der Waals surface area contributed by atoms with Gasteiger partial charge in [0.15, 0.2) is 0 Å². The van der Waals surface area contributed by atoms with Crippen LogP contribution >= 0.6 is 27.5 Å². The van der Waals surface area contributed by atoms with E-state index in [0.717, 1.165) is 21.5 Å². The third-order valence-electron chi connectivity index (χ3n) is 2.17. The molecule has 0 atom stereocenters. The van der Waals surface area contributed by atoms with Gasteiger partial charge < -0.3 is 4.74 Å². The average molecular weight is 314 g/mol. The van der Waals surface area contributed by atoms with Gasteiger partial charge in [0.2, 0.25) is 11.2 Å². The van der Waals surface area contributed by atoms with E-state index in [2.05, 4.69) is 25.9 Å². The summed E-state index contributed by atoms with van der Waals surface area (Å²) in [5.74, 6) is 1.19. The molecule has 2 rings (SSSR count). The molecule has 0 aliphatic carbocycles. The van der Waals surface area contributed by atoms with Gasteiger partial charge in [0, 0.05) is 16.2 Å². The van der Waals surface area contributed by atoms with E-state index in [1.165, 1.54) is 0 Å². The Hall–Kier alpha value is -1.13. The highest BCUT2D eigenvalue weighted by molar-refractivity contribution is 9.10. The number of benzene rings is 1. The fraction of sp³-hybridized carbons (Fsp3) is 0.167. The molecule has 0 aliphatic rings. The fourth-order valence-electron chi connectivity index (χ4n) is 1.35. The standard InChI is InChI=1S/C12H10BrClN2O/c1-7-3-4-9(13)6-10(7)17-11-5-8(2)15-12(14)16-11/h3-6H,1-2H3. The highest BCUT2D eigenvalue weighted by Crippen LogP contribution is 2.27.